The third-order valence-corrected chi connectivity index (χ3v) is 6.64. The number of ether oxygens (including phenoxy) is 1. The fraction of sp³-hybridized carbons (Fsp3) is 0.318. The van der Waals surface area contributed by atoms with Gasteiger partial charge < -0.3 is 4.74 Å². The molecule has 1 heterocycles. The van der Waals surface area contributed by atoms with E-state index in [1.165, 1.54) is 22.5 Å². The van der Waals surface area contributed by atoms with Gasteiger partial charge in [-0.1, -0.05) is 24.6 Å². The molecule has 6 heteroatoms. The Bertz CT molecular complexity index is 943. The van der Waals surface area contributed by atoms with Gasteiger partial charge in [0.25, 0.3) is 0 Å². The Morgan fingerprint density at radius 1 is 1.04 bits per heavy atom. The Morgan fingerprint density at radius 2 is 1.71 bits per heavy atom. The fourth-order valence-electron chi connectivity index (χ4n) is 3.21. The predicted molar refractivity (Wildman–Crippen MR) is 110 cm³/mol. The summed E-state index contributed by atoms with van der Waals surface area (Å²) in [6.45, 7) is 3.58. The third kappa shape index (κ3) is 4.69. The number of hydrogen-bond donors (Lipinski definition) is 0. The first-order chi connectivity index (χ1) is 13.5. The molecule has 0 aliphatic carbocycles. The second-order valence-electron chi connectivity index (χ2n) is 6.66. The SMILES string of the molecule is CCOc1ccccc1/C=C/C(=O)c1ccc(S(=O)(=O)N2CCCCC2)cc1. The summed E-state index contributed by atoms with van der Waals surface area (Å²) >= 11 is 0. The molecule has 148 valence electrons. The summed E-state index contributed by atoms with van der Waals surface area (Å²) in [6.07, 6.45) is 6.05. The number of para-hydroxylation sites is 1. The van der Waals surface area contributed by atoms with Crippen molar-refractivity contribution in [3.63, 3.8) is 0 Å². The van der Waals surface area contributed by atoms with E-state index < -0.39 is 10.0 Å². The normalized spacial score (nSPS) is 15.6. The zero-order chi connectivity index (χ0) is 20.0. The second-order valence-corrected chi connectivity index (χ2v) is 8.60. The van der Waals surface area contributed by atoms with Gasteiger partial charge >= 0.3 is 0 Å². The molecule has 1 aliphatic rings. The van der Waals surface area contributed by atoms with Crippen molar-refractivity contribution in [2.45, 2.75) is 31.1 Å². The van der Waals surface area contributed by atoms with Gasteiger partial charge in [-0.05, 0) is 62.2 Å². The van der Waals surface area contributed by atoms with Crippen LogP contribution in [0.3, 0.4) is 0 Å². The summed E-state index contributed by atoms with van der Waals surface area (Å²) in [5.41, 5.74) is 1.27. The van der Waals surface area contributed by atoms with Gasteiger partial charge in [-0.2, -0.15) is 4.31 Å². The Morgan fingerprint density at radius 3 is 2.39 bits per heavy atom. The second kappa shape index (κ2) is 9.17. The summed E-state index contributed by atoms with van der Waals surface area (Å²) in [6, 6.07) is 13.7. The highest BCUT2D eigenvalue weighted by Gasteiger charge is 2.25. The molecular weight excluding hydrogens is 374 g/mol. The van der Waals surface area contributed by atoms with Crippen molar-refractivity contribution in [1.82, 2.24) is 4.31 Å². The third-order valence-electron chi connectivity index (χ3n) is 4.72. The lowest BCUT2D eigenvalue weighted by Crippen LogP contribution is -2.35. The Hall–Kier alpha value is -2.44. The van der Waals surface area contributed by atoms with E-state index >= 15 is 0 Å². The van der Waals surface area contributed by atoms with Crippen molar-refractivity contribution >= 4 is 21.9 Å². The molecule has 0 atom stereocenters. The van der Waals surface area contributed by atoms with Gasteiger partial charge in [0.05, 0.1) is 11.5 Å². The van der Waals surface area contributed by atoms with Gasteiger partial charge in [-0.3, -0.25) is 4.79 Å². The average Bonchev–Trinajstić information content (AvgIpc) is 2.74. The molecule has 2 aromatic carbocycles. The zero-order valence-electron chi connectivity index (χ0n) is 16.0. The molecular formula is C22H25NO4S. The maximum atomic E-state index is 12.7. The minimum Gasteiger partial charge on any atom is -0.493 e. The van der Waals surface area contributed by atoms with Crippen molar-refractivity contribution in [1.29, 1.82) is 0 Å². The first-order valence-electron chi connectivity index (χ1n) is 9.57. The Kier molecular flexibility index (Phi) is 6.65. The van der Waals surface area contributed by atoms with Crippen LogP contribution in [-0.4, -0.2) is 38.2 Å². The number of hydrogen-bond acceptors (Lipinski definition) is 4. The van der Waals surface area contributed by atoms with Gasteiger partial charge in [-0.15, -0.1) is 0 Å². The van der Waals surface area contributed by atoms with Gasteiger partial charge in [0.1, 0.15) is 5.75 Å². The largest absolute Gasteiger partial charge is 0.493 e. The quantitative estimate of drug-likeness (QED) is 0.518. The van der Waals surface area contributed by atoms with E-state index in [2.05, 4.69) is 0 Å². The number of allylic oxidation sites excluding steroid dienone is 1. The van der Waals surface area contributed by atoms with Crippen LogP contribution in [0.4, 0.5) is 0 Å². The van der Waals surface area contributed by atoms with Crippen molar-refractivity contribution in [3.05, 3.63) is 65.7 Å². The molecule has 3 rings (SSSR count). The number of sulfonamides is 1. The monoisotopic (exact) mass is 399 g/mol. The molecule has 0 saturated carbocycles. The molecule has 1 saturated heterocycles. The Balaban J connectivity index is 1.74. The number of carbonyl (C=O) groups excluding carboxylic acids is 1. The summed E-state index contributed by atoms with van der Waals surface area (Å²) in [7, 11) is -3.48. The van der Waals surface area contributed by atoms with Crippen LogP contribution in [0.5, 0.6) is 5.75 Å². The lowest BCUT2D eigenvalue weighted by molar-refractivity contribution is 0.104. The summed E-state index contributed by atoms with van der Waals surface area (Å²) in [4.78, 5) is 12.7. The van der Waals surface area contributed by atoms with Gasteiger partial charge in [0, 0.05) is 24.2 Å². The highest BCUT2D eigenvalue weighted by Crippen LogP contribution is 2.22. The van der Waals surface area contributed by atoms with Gasteiger partial charge in [0.2, 0.25) is 10.0 Å². The zero-order valence-corrected chi connectivity index (χ0v) is 16.8. The molecule has 0 spiro atoms. The van der Waals surface area contributed by atoms with E-state index in [0.717, 1.165) is 30.6 Å². The van der Waals surface area contributed by atoms with Crippen molar-refractivity contribution < 1.29 is 17.9 Å². The van der Waals surface area contributed by atoms with E-state index in [0.29, 0.717) is 25.3 Å². The number of piperidine rings is 1. The standard InChI is InChI=1S/C22H25NO4S/c1-2-27-22-9-5-4-8-19(22)12-15-21(24)18-10-13-20(14-11-18)28(25,26)23-16-6-3-7-17-23/h4-5,8-15H,2-3,6-7,16-17H2,1H3/b15-12+. The van der Waals surface area contributed by atoms with E-state index in [4.69, 9.17) is 4.74 Å². The van der Waals surface area contributed by atoms with Crippen molar-refractivity contribution in [2.24, 2.45) is 0 Å². The van der Waals surface area contributed by atoms with Crippen LogP contribution >= 0.6 is 0 Å². The molecule has 0 radical (unpaired) electrons. The van der Waals surface area contributed by atoms with Crippen LogP contribution in [0, 0.1) is 0 Å². The summed E-state index contributed by atoms with van der Waals surface area (Å²) in [5, 5.41) is 0. The summed E-state index contributed by atoms with van der Waals surface area (Å²) < 4.78 is 32.5. The predicted octanol–water partition coefficient (Wildman–Crippen LogP) is 4.16. The van der Waals surface area contributed by atoms with Gasteiger partial charge in [0.15, 0.2) is 5.78 Å². The molecule has 5 nitrogen and oxygen atoms in total. The molecule has 0 amide bonds. The molecule has 0 unspecified atom stereocenters. The van der Waals surface area contributed by atoms with Crippen LogP contribution in [0.15, 0.2) is 59.5 Å². The average molecular weight is 400 g/mol. The van der Waals surface area contributed by atoms with E-state index in [1.807, 2.05) is 31.2 Å². The summed E-state index contributed by atoms with van der Waals surface area (Å²) in [5.74, 6) is 0.533. The lowest BCUT2D eigenvalue weighted by Gasteiger charge is -2.25. The van der Waals surface area contributed by atoms with Crippen LogP contribution < -0.4 is 4.74 Å². The smallest absolute Gasteiger partial charge is 0.243 e. The molecule has 1 fully saturated rings. The minimum atomic E-state index is -3.48. The minimum absolute atomic E-state index is 0.187. The first kappa shape index (κ1) is 20.3. The maximum Gasteiger partial charge on any atom is 0.243 e. The first-order valence-corrected chi connectivity index (χ1v) is 11.0. The number of rotatable bonds is 7. The van der Waals surface area contributed by atoms with Crippen LogP contribution in [-0.2, 0) is 10.0 Å². The van der Waals surface area contributed by atoms with E-state index in [-0.39, 0.29) is 10.7 Å². The topological polar surface area (TPSA) is 63.7 Å². The van der Waals surface area contributed by atoms with Crippen molar-refractivity contribution in [3.8, 4) is 5.75 Å². The number of benzene rings is 2. The van der Waals surface area contributed by atoms with Crippen LogP contribution in [0.1, 0.15) is 42.1 Å². The molecule has 0 bridgehead atoms. The number of carbonyl (C=O) groups is 1. The van der Waals surface area contributed by atoms with Crippen LogP contribution in [0.25, 0.3) is 6.08 Å². The molecule has 2 aromatic rings. The van der Waals surface area contributed by atoms with E-state index in [9.17, 15) is 13.2 Å². The molecule has 1 aliphatic heterocycles. The number of ketones is 1. The highest BCUT2D eigenvalue weighted by atomic mass is 32.2. The van der Waals surface area contributed by atoms with Gasteiger partial charge in [-0.25, -0.2) is 8.42 Å². The fourth-order valence-corrected chi connectivity index (χ4v) is 4.73. The Labute approximate surface area is 166 Å². The van der Waals surface area contributed by atoms with Crippen molar-refractivity contribution in [2.75, 3.05) is 19.7 Å². The highest BCUT2D eigenvalue weighted by molar-refractivity contribution is 7.89. The lowest BCUT2D eigenvalue weighted by atomic mass is 10.1. The maximum absolute atomic E-state index is 12.7. The molecule has 0 N–H and O–H groups in total. The van der Waals surface area contributed by atoms with E-state index in [1.54, 1.807) is 18.2 Å². The molecule has 28 heavy (non-hydrogen) atoms. The number of nitrogens with zero attached hydrogens (tertiary/aromatic N) is 1. The van der Waals surface area contributed by atoms with Crippen LogP contribution in [0.2, 0.25) is 0 Å². The molecule has 0 aromatic heterocycles.